The molecule has 0 bridgehead atoms. The van der Waals surface area contributed by atoms with E-state index >= 15 is 0 Å². The highest BCUT2D eigenvalue weighted by atomic mass is 79.9. The molecule has 0 aromatic heterocycles. The van der Waals surface area contributed by atoms with E-state index in [0.29, 0.717) is 24.0 Å². The van der Waals surface area contributed by atoms with Crippen molar-refractivity contribution >= 4 is 21.6 Å². The molecule has 0 aliphatic heterocycles. The largest absolute Gasteiger partial charge is 0.486 e. The summed E-state index contributed by atoms with van der Waals surface area (Å²) in [5.74, 6) is 1.21. The Bertz CT molecular complexity index is 353. The molecule has 0 amide bonds. The maximum atomic E-state index is 5.97. The van der Waals surface area contributed by atoms with Crippen molar-refractivity contribution < 1.29 is 4.74 Å². The van der Waals surface area contributed by atoms with Crippen molar-refractivity contribution in [1.82, 2.24) is 0 Å². The Kier molecular flexibility index (Phi) is 4.87. The molecule has 1 unspecified atom stereocenters. The van der Waals surface area contributed by atoms with E-state index in [-0.39, 0.29) is 0 Å². The van der Waals surface area contributed by atoms with Crippen molar-refractivity contribution in [2.45, 2.75) is 26.2 Å². The van der Waals surface area contributed by atoms with E-state index in [9.17, 15) is 0 Å². The second-order valence-corrected chi connectivity index (χ2v) is 4.68. The highest BCUT2D eigenvalue weighted by Crippen LogP contribution is 2.35. The minimum absolute atomic E-state index is 0.464. The van der Waals surface area contributed by atoms with Gasteiger partial charge in [0.2, 0.25) is 0 Å². The summed E-state index contributed by atoms with van der Waals surface area (Å²) >= 11 is 3.49. The Labute approximate surface area is 106 Å². The standard InChI is InChI=1S/C13H18BrNO/c1-4-6-16-13-11(14)7-10(8-12(13)15)9(3)5-2/h4,7-9H,1,5-6,15H2,2-3H3. The van der Waals surface area contributed by atoms with Crippen molar-refractivity contribution in [3.05, 3.63) is 34.8 Å². The van der Waals surface area contributed by atoms with Gasteiger partial charge in [-0.15, -0.1) is 0 Å². The average molecular weight is 284 g/mol. The van der Waals surface area contributed by atoms with Crippen molar-refractivity contribution in [1.29, 1.82) is 0 Å². The first-order chi connectivity index (χ1) is 7.60. The lowest BCUT2D eigenvalue weighted by atomic mass is 9.98. The normalized spacial score (nSPS) is 12.2. The molecule has 0 saturated heterocycles. The molecule has 1 aromatic carbocycles. The summed E-state index contributed by atoms with van der Waals surface area (Å²) in [6.07, 6.45) is 2.80. The van der Waals surface area contributed by atoms with Crippen molar-refractivity contribution in [2.24, 2.45) is 0 Å². The lowest BCUT2D eigenvalue weighted by Crippen LogP contribution is -2.01. The molecule has 2 N–H and O–H groups in total. The van der Waals surface area contributed by atoms with E-state index in [0.717, 1.165) is 10.9 Å². The molecular weight excluding hydrogens is 266 g/mol. The van der Waals surface area contributed by atoms with E-state index in [1.54, 1.807) is 6.08 Å². The van der Waals surface area contributed by atoms with Gasteiger partial charge >= 0.3 is 0 Å². The number of halogens is 1. The smallest absolute Gasteiger partial charge is 0.156 e. The van der Waals surface area contributed by atoms with Crippen LogP contribution in [0.4, 0.5) is 5.69 Å². The fraction of sp³-hybridized carbons (Fsp3) is 0.385. The molecule has 1 aromatic rings. The SMILES string of the molecule is C=CCOc1c(N)cc(C(C)CC)cc1Br. The van der Waals surface area contributed by atoms with Gasteiger partial charge in [-0.2, -0.15) is 0 Å². The lowest BCUT2D eigenvalue weighted by Gasteiger charge is -2.14. The first-order valence-corrected chi connectivity index (χ1v) is 6.22. The topological polar surface area (TPSA) is 35.2 Å². The molecular formula is C13H18BrNO. The van der Waals surface area contributed by atoms with E-state index in [4.69, 9.17) is 10.5 Å². The molecule has 1 rings (SSSR count). The number of nitrogens with two attached hydrogens (primary N) is 1. The summed E-state index contributed by atoms with van der Waals surface area (Å²) in [5.41, 5.74) is 7.87. The van der Waals surface area contributed by atoms with E-state index in [1.807, 2.05) is 6.07 Å². The van der Waals surface area contributed by atoms with Crippen LogP contribution in [0.15, 0.2) is 29.3 Å². The highest BCUT2D eigenvalue weighted by Gasteiger charge is 2.11. The Morgan fingerprint density at radius 3 is 2.75 bits per heavy atom. The molecule has 0 saturated carbocycles. The number of nitrogen functional groups attached to an aromatic ring is 1. The van der Waals surface area contributed by atoms with Gasteiger partial charge in [0.05, 0.1) is 10.2 Å². The van der Waals surface area contributed by atoms with Crippen LogP contribution in [0.1, 0.15) is 31.7 Å². The Hall–Kier alpha value is -0.960. The lowest BCUT2D eigenvalue weighted by molar-refractivity contribution is 0.363. The molecule has 0 heterocycles. The van der Waals surface area contributed by atoms with Crippen molar-refractivity contribution in [2.75, 3.05) is 12.3 Å². The number of ether oxygens (including phenoxy) is 1. The Morgan fingerprint density at radius 1 is 1.56 bits per heavy atom. The van der Waals surface area contributed by atoms with Crippen LogP contribution >= 0.6 is 15.9 Å². The number of rotatable bonds is 5. The summed E-state index contributed by atoms with van der Waals surface area (Å²) in [5, 5.41) is 0. The summed E-state index contributed by atoms with van der Waals surface area (Å²) in [6, 6.07) is 4.06. The van der Waals surface area contributed by atoms with Crippen LogP contribution in [-0.4, -0.2) is 6.61 Å². The molecule has 3 heteroatoms. The van der Waals surface area contributed by atoms with Crippen molar-refractivity contribution in [3.63, 3.8) is 0 Å². The molecule has 0 aliphatic rings. The van der Waals surface area contributed by atoms with Crippen LogP contribution in [-0.2, 0) is 0 Å². The van der Waals surface area contributed by atoms with Gasteiger partial charge in [0.25, 0.3) is 0 Å². The highest BCUT2D eigenvalue weighted by molar-refractivity contribution is 9.10. The van der Waals surface area contributed by atoms with E-state index < -0.39 is 0 Å². The summed E-state index contributed by atoms with van der Waals surface area (Å²) in [4.78, 5) is 0. The van der Waals surface area contributed by atoms with Crippen LogP contribution in [0.25, 0.3) is 0 Å². The summed E-state index contributed by atoms with van der Waals surface area (Å²) in [6.45, 7) is 8.43. The van der Waals surface area contributed by atoms with Gasteiger partial charge in [0.1, 0.15) is 6.61 Å². The Morgan fingerprint density at radius 2 is 2.25 bits per heavy atom. The monoisotopic (exact) mass is 283 g/mol. The average Bonchev–Trinajstić information content (AvgIpc) is 2.26. The molecule has 2 nitrogen and oxygen atoms in total. The maximum absolute atomic E-state index is 5.97. The minimum atomic E-state index is 0.464. The molecule has 0 fully saturated rings. The fourth-order valence-corrected chi connectivity index (χ4v) is 2.06. The zero-order valence-corrected chi connectivity index (χ0v) is 11.4. The predicted octanol–water partition coefficient (Wildman–Crippen LogP) is 4.11. The zero-order valence-electron chi connectivity index (χ0n) is 9.79. The van der Waals surface area contributed by atoms with Crippen LogP contribution in [0.5, 0.6) is 5.75 Å². The Balaban J connectivity index is 3.02. The van der Waals surface area contributed by atoms with Gasteiger partial charge in [-0.1, -0.05) is 26.5 Å². The number of hydrogen-bond donors (Lipinski definition) is 1. The third-order valence-electron chi connectivity index (χ3n) is 2.62. The second kappa shape index (κ2) is 5.94. The van der Waals surface area contributed by atoms with Gasteiger partial charge < -0.3 is 10.5 Å². The maximum Gasteiger partial charge on any atom is 0.156 e. The fourth-order valence-electron chi connectivity index (χ4n) is 1.45. The first-order valence-electron chi connectivity index (χ1n) is 5.42. The number of benzene rings is 1. The molecule has 16 heavy (non-hydrogen) atoms. The van der Waals surface area contributed by atoms with Gasteiger partial charge in [-0.05, 0) is 46.0 Å². The molecule has 1 atom stereocenters. The quantitative estimate of drug-likeness (QED) is 0.652. The van der Waals surface area contributed by atoms with Gasteiger partial charge in [-0.3, -0.25) is 0 Å². The minimum Gasteiger partial charge on any atom is -0.486 e. The molecule has 0 spiro atoms. The first kappa shape index (κ1) is 13.1. The van der Waals surface area contributed by atoms with Crippen molar-refractivity contribution in [3.8, 4) is 5.75 Å². The molecule has 0 radical (unpaired) electrons. The van der Waals surface area contributed by atoms with Gasteiger partial charge in [-0.25, -0.2) is 0 Å². The third kappa shape index (κ3) is 3.01. The predicted molar refractivity (Wildman–Crippen MR) is 73.0 cm³/mol. The second-order valence-electron chi connectivity index (χ2n) is 3.83. The van der Waals surface area contributed by atoms with Crippen LogP contribution in [0, 0.1) is 0 Å². The third-order valence-corrected chi connectivity index (χ3v) is 3.21. The van der Waals surface area contributed by atoms with Crippen LogP contribution < -0.4 is 10.5 Å². The summed E-state index contributed by atoms with van der Waals surface area (Å²) in [7, 11) is 0. The number of hydrogen-bond acceptors (Lipinski definition) is 2. The van der Waals surface area contributed by atoms with Crippen LogP contribution in [0.3, 0.4) is 0 Å². The molecule has 0 aliphatic carbocycles. The zero-order chi connectivity index (χ0) is 12.1. The van der Waals surface area contributed by atoms with Gasteiger partial charge in [0.15, 0.2) is 5.75 Å². The van der Waals surface area contributed by atoms with E-state index in [1.165, 1.54) is 5.56 Å². The van der Waals surface area contributed by atoms with Gasteiger partial charge in [0, 0.05) is 0 Å². The number of anilines is 1. The summed E-state index contributed by atoms with van der Waals surface area (Å²) < 4.78 is 6.40. The van der Waals surface area contributed by atoms with E-state index in [2.05, 4.69) is 42.4 Å². The van der Waals surface area contributed by atoms with Crippen LogP contribution in [0.2, 0.25) is 0 Å². The molecule has 88 valence electrons.